The molecule has 5 rings (SSSR count). The summed E-state index contributed by atoms with van der Waals surface area (Å²) in [4.78, 5) is 43.6. The first-order chi connectivity index (χ1) is 17.6. The standard InChI is InChI=1S/C27H20Cl2N4O4/c1-31-26(37)33(22-11-19(28)10-20(29)12-22)25(36)27(31)15-32(21-8-6-18(7-9-21)24(34)35)14-23(27)17-4-2-16(13-30)3-5-17/h2-12,23H,14-15H2,1H3,(H,34,35)/t23-,27+/m0/s1. The van der Waals surface area contributed by atoms with Gasteiger partial charge in [-0.1, -0.05) is 35.3 Å². The van der Waals surface area contributed by atoms with Crippen molar-refractivity contribution in [1.82, 2.24) is 4.90 Å². The number of likely N-dealkylation sites (N-methyl/N-ethyl adjacent to an activating group) is 1. The minimum absolute atomic E-state index is 0.148. The Morgan fingerprint density at radius 1 is 1.00 bits per heavy atom. The molecule has 0 unspecified atom stereocenters. The second-order valence-corrected chi connectivity index (χ2v) is 9.93. The number of urea groups is 1. The Morgan fingerprint density at radius 2 is 1.62 bits per heavy atom. The smallest absolute Gasteiger partial charge is 0.335 e. The quantitative estimate of drug-likeness (QED) is 0.472. The highest BCUT2D eigenvalue weighted by Crippen LogP contribution is 2.47. The zero-order chi connectivity index (χ0) is 26.5. The van der Waals surface area contributed by atoms with Crippen molar-refractivity contribution in [1.29, 1.82) is 5.26 Å². The number of amides is 3. The minimum atomic E-state index is -1.27. The van der Waals surface area contributed by atoms with E-state index in [4.69, 9.17) is 23.2 Å². The molecule has 0 radical (unpaired) electrons. The first kappa shape index (κ1) is 24.6. The van der Waals surface area contributed by atoms with Gasteiger partial charge in [0.2, 0.25) is 0 Å². The monoisotopic (exact) mass is 534 g/mol. The summed E-state index contributed by atoms with van der Waals surface area (Å²) in [6.07, 6.45) is 0. The van der Waals surface area contributed by atoms with E-state index in [9.17, 15) is 24.8 Å². The molecule has 0 bridgehead atoms. The van der Waals surface area contributed by atoms with E-state index in [0.717, 1.165) is 16.2 Å². The number of halogens is 2. The van der Waals surface area contributed by atoms with Crippen LogP contribution in [0.5, 0.6) is 0 Å². The molecule has 10 heteroatoms. The van der Waals surface area contributed by atoms with Gasteiger partial charge in [-0.25, -0.2) is 14.5 Å². The summed E-state index contributed by atoms with van der Waals surface area (Å²) < 4.78 is 0. The number of benzene rings is 3. The van der Waals surface area contributed by atoms with Crippen LogP contribution in [0.1, 0.15) is 27.4 Å². The van der Waals surface area contributed by atoms with Crippen LogP contribution in [0.4, 0.5) is 16.2 Å². The third-order valence-electron chi connectivity index (χ3n) is 7.09. The molecular formula is C27H20Cl2N4O4. The maximum Gasteiger partial charge on any atom is 0.335 e. The summed E-state index contributed by atoms with van der Waals surface area (Å²) in [5.74, 6) is -1.90. The molecule has 3 amide bonds. The Hall–Kier alpha value is -4.06. The van der Waals surface area contributed by atoms with Gasteiger partial charge in [0.25, 0.3) is 5.91 Å². The van der Waals surface area contributed by atoms with Gasteiger partial charge >= 0.3 is 12.0 Å². The fourth-order valence-corrected chi connectivity index (χ4v) is 5.73. The maximum atomic E-state index is 14.2. The van der Waals surface area contributed by atoms with E-state index in [1.807, 2.05) is 4.90 Å². The number of carbonyl (C=O) groups excluding carboxylic acids is 2. The first-order valence-corrected chi connectivity index (χ1v) is 12.1. The molecule has 186 valence electrons. The van der Waals surface area contributed by atoms with Gasteiger partial charge in [-0.15, -0.1) is 0 Å². The van der Waals surface area contributed by atoms with E-state index in [-0.39, 0.29) is 17.8 Å². The number of nitriles is 1. The van der Waals surface area contributed by atoms with Crippen molar-refractivity contribution in [3.8, 4) is 6.07 Å². The van der Waals surface area contributed by atoms with E-state index < -0.39 is 29.4 Å². The van der Waals surface area contributed by atoms with Crippen LogP contribution in [0, 0.1) is 11.3 Å². The molecule has 2 atom stereocenters. The SMILES string of the molecule is CN1C(=O)N(c2cc(Cl)cc(Cl)c2)C(=O)[C@]12CN(c1ccc(C(=O)O)cc1)C[C@H]2c1ccc(C#N)cc1. The highest BCUT2D eigenvalue weighted by atomic mass is 35.5. The number of carbonyl (C=O) groups is 3. The van der Waals surface area contributed by atoms with E-state index >= 15 is 0 Å². The van der Waals surface area contributed by atoms with Crippen molar-refractivity contribution in [2.45, 2.75) is 11.5 Å². The number of hydrogen-bond acceptors (Lipinski definition) is 5. The number of anilines is 2. The van der Waals surface area contributed by atoms with Crippen molar-refractivity contribution < 1.29 is 19.5 Å². The van der Waals surface area contributed by atoms with Crippen molar-refractivity contribution >= 4 is 52.5 Å². The number of nitrogens with zero attached hydrogens (tertiary/aromatic N) is 4. The molecule has 2 fully saturated rings. The second kappa shape index (κ2) is 9.11. The average molecular weight is 535 g/mol. The van der Waals surface area contributed by atoms with E-state index in [1.54, 1.807) is 43.4 Å². The molecular weight excluding hydrogens is 515 g/mol. The van der Waals surface area contributed by atoms with Crippen LogP contribution in [0.3, 0.4) is 0 Å². The molecule has 3 aromatic carbocycles. The Labute approximate surface area is 222 Å². The number of hydrogen-bond donors (Lipinski definition) is 1. The van der Waals surface area contributed by atoms with E-state index in [1.165, 1.54) is 35.2 Å². The van der Waals surface area contributed by atoms with Crippen LogP contribution in [-0.2, 0) is 4.79 Å². The van der Waals surface area contributed by atoms with Crippen LogP contribution in [0.2, 0.25) is 10.0 Å². The summed E-state index contributed by atoms with van der Waals surface area (Å²) >= 11 is 12.4. The van der Waals surface area contributed by atoms with Gasteiger partial charge in [-0.05, 0) is 60.2 Å². The van der Waals surface area contributed by atoms with Crippen molar-refractivity contribution in [3.63, 3.8) is 0 Å². The highest BCUT2D eigenvalue weighted by molar-refractivity contribution is 6.36. The number of carboxylic acids is 1. The van der Waals surface area contributed by atoms with Crippen LogP contribution < -0.4 is 9.80 Å². The Kier molecular flexibility index (Phi) is 6.06. The zero-order valence-electron chi connectivity index (χ0n) is 19.6. The van der Waals surface area contributed by atoms with E-state index in [2.05, 4.69) is 6.07 Å². The molecule has 8 nitrogen and oxygen atoms in total. The molecule has 1 N–H and O–H groups in total. The molecule has 2 heterocycles. The predicted molar refractivity (Wildman–Crippen MR) is 139 cm³/mol. The highest BCUT2D eigenvalue weighted by Gasteiger charge is 2.64. The molecule has 37 heavy (non-hydrogen) atoms. The van der Waals surface area contributed by atoms with Gasteiger partial charge in [0.05, 0.1) is 29.4 Å². The number of aromatic carboxylic acids is 1. The molecule has 2 aliphatic heterocycles. The van der Waals surface area contributed by atoms with Crippen molar-refractivity contribution in [3.05, 3.63) is 93.5 Å². The lowest BCUT2D eigenvalue weighted by atomic mass is 9.80. The van der Waals surface area contributed by atoms with Gasteiger partial charge in [0, 0.05) is 35.2 Å². The van der Waals surface area contributed by atoms with E-state index in [0.29, 0.717) is 22.2 Å². The number of rotatable bonds is 4. The summed E-state index contributed by atoms with van der Waals surface area (Å²) in [7, 11) is 1.60. The summed E-state index contributed by atoms with van der Waals surface area (Å²) in [5, 5.41) is 19.1. The Bertz CT molecular complexity index is 1450. The maximum absolute atomic E-state index is 14.2. The number of imide groups is 1. The summed E-state index contributed by atoms with van der Waals surface area (Å²) in [6.45, 7) is 0.557. The lowest BCUT2D eigenvalue weighted by Gasteiger charge is -2.33. The Morgan fingerprint density at radius 3 is 2.19 bits per heavy atom. The van der Waals surface area contributed by atoms with Crippen LogP contribution in [0.15, 0.2) is 66.7 Å². The van der Waals surface area contributed by atoms with Gasteiger partial charge < -0.3 is 14.9 Å². The summed E-state index contributed by atoms with van der Waals surface area (Å²) in [6, 6.07) is 19.5. The molecule has 2 saturated heterocycles. The third-order valence-corrected chi connectivity index (χ3v) is 7.53. The lowest BCUT2D eigenvalue weighted by molar-refractivity contribution is -0.124. The lowest BCUT2D eigenvalue weighted by Crippen LogP contribution is -2.53. The number of carboxylic acid groups (broad SMARTS) is 1. The van der Waals surface area contributed by atoms with Crippen molar-refractivity contribution in [2.75, 3.05) is 29.9 Å². The Balaban J connectivity index is 1.61. The molecule has 3 aromatic rings. The first-order valence-electron chi connectivity index (χ1n) is 11.3. The van der Waals surface area contributed by atoms with Crippen molar-refractivity contribution in [2.24, 2.45) is 0 Å². The van der Waals surface area contributed by atoms with Crippen LogP contribution in [0.25, 0.3) is 0 Å². The van der Waals surface area contributed by atoms with Gasteiger partial charge in [0.15, 0.2) is 0 Å². The normalized spacial score (nSPS) is 21.1. The molecule has 0 aromatic heterocycles. The van der Waals surface area contributed by atoms with Crippen LogP contribution in [-0.4, -0.2) is 53.6 Å². The minimum Gasteiger partial charge on any atom is -0.478 e. The fourth-order valence-electron chi connectivity index (χ4n) is 5.22. The second-order valence-electron chi connectivity index (χ2n) is 9.05. The van der Waals surface area contributed by atoms with Crippen LogP contribution >= 0.6 is 23.2 Å². The third kappa shape index (κ3) is 3.97. The zero-order valence-corrected chi connectivity index (χ0v) is 21.1. The summed E-state index contributed by atoms with van der Waals surface area (Å²) in [5.41, 5.74) is 1.15. The molecule has 0 aliphatic carbocycles. The van der Waals surface area contributed by atoms with Gasteiger partial charge in [0.1, 0.15) is 5.54 Å². The molecule has 2 aliphatic rings. The molecule has 0 saturated carbocycles. The predicted octanol–water partition coefficient (Wildman–Crippen LogP) is 5.00. The van der Waals surface area contributed by atoms with Gasteiger partial charge in [-0.2, -0.15) is 5.26 Å². The topological polar surface area (TPSA) is 105 Å². The fraction of sp³-hybridized carbons (Fsp3) is 0.185. The van der Waals surface area contributed by atoms with Gasteiger partial charge in [-0.3, -0.25) is 4.79 Å². The largest absolute Gasteiger partial charge is 0.478 e. The average Bonchev–Trinajstić information content (AvgIpc) is 3.37. The molecule has 1 spiro atoms.